The van der Waals surface area contributed by atoms with E-state index < -0.39 is 11.7 Å². The van der Waals surface area contributed by atoms with Crippen molar-refractivity contribution in [3.05, 3.63) is 59.7 Å². The Labute approximate surface area is 144 Å². The lowest BCUT2D eigenvalue weighted by atomic mass is 10.0. The summed E-state index contributed by atoms with van der Waals surface area (Å²) in [6.45, 7) is 2.25. The highest BCUT2D eigenvalue weighted by Gasteiger charge is 2.35. The van der Waals surface area contributed by atoms with E-state index in [0.717, 1.165) is 18.2 Å². The van der Waals surface area contributed by atoms with Gasteiger partial charge < -0.3 is 5.32 Å². The summed E-state index contributed by atoms with van der Waals surface area (Å²) >= 11 is 0. The van der Waals surface area contributed by atoms with Gasteiger partial charge in [-0.25, -0.2) is 0 Å². The Kier molecular flexibility index (Phi) is 6.15. The van der Waals surface area contributed by atoms with Crippen LogP contribution in [0.25, 0.3) is 0 Å². The second kappa shape index (κ2) is 7.92. The largest absolute Gasteiger partial charge is 0.418 e. The van der Waals surface area contributed by atoms with Crippen molar-refractivity contribution in [1.82, 2.24) is 20.2 Å². The molecule has 2 aromatic rings. The van der Waals surface area contributed by atoms with Crippen molar-refractivity contribution < 1.29 is 13.2 Å². The highest BCUT2D eigenvalue weighted by molar-refractivity contribution is 5.85. The molecule has 0 amide bonds. The number of nitrogens with one attached hydrogen (secondary N) is 1. The molecule has 0 spiro atoms. The number of halogens is 4. The molecular formula is C16H18ClF3N4. The Balaban J connectivity index is 0.00000208. The van der Waals surface area contributed by atoms with Crippen LogP contribution < -0.4 is 5.32 Å². The summed E-state index contributed by atoms with van der Waals surface area (Å²) in [5.41, 5.74) is 0.392. The van der Waals surface area contributed by atoms with Crippen molar-refractivity contribution in [3.8, 4) is 0 Å². The minimum absolute atomic E-state index is 0. The molecule has 3 heterocycles. The Bertz CT molecular complexity index is 651. The molecule has 0 bridgehead atoms. The molecule has 0 aliphatic carbocycles. The number of aromatic nitrogens is 2. The van der Waals surface area contributed by atoms with E-state index in [2.05, 4.69) is 15.3 Å². The maximum Gasteiger partial charge on any atom is 0.418 e. The molecule has 3 rings (SSSR count). The molecule has 2 aromatic heterocycles. The molecule has 1 unspecified atom stereocenters. The summed E-state index contributed by atoms with van der Waals surface area (Å²) in [5.74, 6) is 0. The molecule has 1 saturated heterocycles. The van der Waals surface area contributed by atoms with Gasteiger partial charge in [-0.1, -0.05) is 6.07 Å². The minimum atomic E-state index is -4.39. The van der Waals surface area contributed by atoms with Crippen molar-refractivity contribution in [1.29, 1.82) is 0 Å². The molecular weight excluding hydrogens is 341 g/mol. The predicted octanol–water partition coefficient (Wildman–Crippen LogP) is 3.06. The first kappa shape index (κ1) is 18.6. The SMILES string of the molecule is Cl.FC(F)(F)c1cccnc1CN1CCNCC1c1cccnc1. The number of hydrogen-bond donors (Lipinski definition) is 1. The molecule has 0 saturated carbocycles. The first-order valence-corrected chi connectivity index (χ1v) is 7.41. The maximum atomic E-state index is 13.1. The van der Waals surface area contributed by atoms with Crippen LogP contribution in [-0.2, 0) is 12.7 Å². The van der Waals surface area contributed by atoms with Crippen LogP contribution in [0.15, 0.2) is 42.9 Å². The minimum Gasteiger partial charge on any atom is -0.314 e. The zero-order valence-corrected chi connectivity index (χ0v) is 13.6. The molecule has 0 radical (unpaired) electrons. The Morgan fingerprint density at radius 3 is 2.71 bits per heavy atom. The van der Waals surface area contributed by atoms with E-state index in [9.17, 15) is 13.2 Å². The summed E-state index contributed by atoms with van der Waals surface area (Å²) in [4.78, 5) is 10.1. The molecule has 1 N–H and O–H groups in total. The van der Waals surface area contributed by atoms with E-state index in [1.807, 2.05) is 17.0 Å². The normalized spacial score (nSPS) is 18.9. The number of hydrogen-bond acceptors (Lipinski definition) is 4. The van der Waals surface area contributed by atoms with Crippen LogP contribution in [0.2, 0.25) is 0 Å². The Morgan fingerprint density at radius 2 is 2.00 bits per heavy atom. The van der Waals surface area contributed by atoms with Crippen molar-refractivity contribution in [2.75, 3.05) is 19.6 Å². The van der Waals surface area contributed by atoms with E-state index in [-0.39, 0.29) is 30.7 Å². The van der Waals surface area contributed by atoms with Gasteiger partial charge in [-0.05, 0) is 23.8 Å². The summed E-state index contributed by atoms with van der Waals surface area (Å²) < 4.78 is 39.4. The lowest BCUT2D eigenvalue weighted by molar-refractivity contribution is -0.138. The average molecular weight is 359 g/mol. The van der Waals surface area contributed by atoms with Crippen LogP contribution in [0.1, 0.15) is 22.9 Å². The first-order valence-electron chi connectivity index (χ1n) is 7.41. The van der Waals surface area contributed by atoms with Crippen molar-refractivity contribution >= 4 is 12.4 Å². The van der Waals surface area contributed by atoms with E-state index in [0.29, 0.717) is 13.1 Å². The number of rotatable bonds is 3. The standard InChI is InChI=1S/C16H17F3N4.ClH/c17-16(18,19)13-4-2-6-22-14(13)11-23-8-7-21-10-15(23)12-3-1-5-20-9-12;/h1-6,9,15,21H,7-8,10-11H2;1H. The van der Waals surface area contributed by atoms with Gasteiger partial charge in [-0.3, -0.25) is 14.9 Å². The van der Waals surface area contributed by atoms with Gasteiger partial charge in [-0.2, -0.15) is 13.2 Å². The molecule has 8 heteroatoms. The van der Waals surface area contributed by atoms with Crippen molar-refractivity contribution in [2.45, 2.75) is 18.8 Å². The van der Waals surface area contributed by atoms with E-state index in [1.165, 1.54) is 12.3 Å². The monoisotopic (exact) mass is 358 g/mol. The lowest BCUT2D eigenvalue weighted by Gasteiger charge is -2.36. The smallest absolute Gasteiger partial charge is 0.314 e. The quantitative estimate of drug-likeness (QED) is 0.915. The van der Waals surface area contributed by atoms with Crippen LogP contribution in [0.4, 0.5) is 13.2 Å². The molecule has 24 heavy (non-hydrogen) atoms. The number of alkyl halides is 3. The Hall–Kier alpha value is -1.70. The van der Waals surface area contributed by atoms with Gasteiger partial charge in [0.2, 0.25) is 0 Å². The Morgan fingerprint density at radius 1 is 1.21 bits per heavy atom. The van der Waals surface area contributed by atoms with E-state index in [4.69, 9.17) is 0 Å². The number of nitrogens with zero attached hydrogens (tertiary/aromatic N) is 3. The third kappa shape index (κ3) is 4.23. The second-order valence-electron chi connectivity index (χ2n) is 5.47. The molecule has 0 aromatic carbocycles. The zero-order chi connectivity index (χ0) is 16.3. The summed E-state index contributed by atoms with van der Waals surface area (Å²) in [6.07, 6.45) is 0.464. The van der Waals surface area contributed by atoms with Gasteiger partial charge in [0.1, 0.15) is 0 Å². The fourth-order valence-corrected chi connectivity index (χ4v) is 2.85. The highest BCUT2D eigenvalue weighted by Crippen LogP contribution is 2.32. The van der Waals surface area contributed by atoms with Crippen LogP contribution in [0, 0.1) is 0 Å². The molecule has 4 nitrogen and oxygen atoms in total. The zero-order valence-electron chi connectivity index (χ0n) is 12.8. The average Bonchev–Trinajstić information content (AvgIpc) is 2.56. The third-order valence-electron chi connectivity index (χ3n) is 3.97. The molecule has 1 atom stereocenters. The number of piperazine rings is 1. The molecule has 1 aliphatic heterocycles. The van der Waals surface area contributed by atoms with Crippen LogP contribution in [0.3, 0.4) is 0 Å². The fourth-order valence-electron chi connectivity index (χ4n) is 2.85. The van der Waals surface area contributed by atoms with Crippen molar-refractivity contribution in [3.63, 3.8) is 0 Å². The van der Waals surface area contributed by atoms with E-state index >= 15 is 0 Å². The summed E-state index contributed by atoms with van der Waals surface area (Å²) in [6, 6.07) is 6.18. The third-order valence-corrected chi connectivity index (χ3v) is 3.97. The molecule has 1 fully saturated rings. The predicted molar refractivity (Wildman–Crippen MR) is 86.7 cm³/mol. The topological polar surface area (TPSA) is 41.1 Å². The van der Waals surface area contributed by atoms with Crippen LogP contribution in [0.5, 0.6) is 0 Å². The lowest BCUT2D eigenvalue weighted by Crippen LogP contribution is -2.45. The van der Waals surface area contributed by atoms with Gasteiger partial charge in [0, 0.05) is 50.8 Å². The number of pyridine rings is 2. The highest BCUT2D eigenvalue weighted by atomic mass is 35.5. The van der Waals surface area contributed by atoms with Gasteiger partial charge >= 0.3 is 6.18 Å². The summed E-state index contributed by atoms with van der Waals surface area (Å²) in [7, 11) is 0. The van der Waals surface area contributed by atoms with E-state index in [1.54, 1.807) is 12.4 Å². The van der Waals surface area contributed by atoms with Crippen LogP contribution in [-0.4, -0.2) is 34.5 Å². The second-order valence-corrected chi connectivity index (χ2v) is 5.47. The molecule has 130 valence electrons. The van der Waals surface area contributed by atoms with Crippen molar-refractivity contribution in [2.24, 2.45) is 0 Å². The van der Waals surface area contributed by atoms with Gasteiger partial charge in [-0.15, -0.1) is 12.4 Å². The van der Waals surface area contributed by atoms with Gasteiger partial charge in [0.15, 0.2) is 0 Å². The fraction of sp³-hybridized carbons (Fsp3) is 0.375. The first-order chi connectivity index (χ1) is 11.1. The maximum absolute atomic E-state index is 13.1. The van der Waals surface area contributed by atoms with Gasteiger partial charge in [0.25, 0.3) is 0 Å². The van der Waals surface area contributed by atoms with Gasteiger partial charge in [0.05, 0.1) is 11.3 Å². The molecule has 1 aliphatic rings. The van der Waals surface area contributed by atoms with Crippen LogP contribution >= 0.6 is 12.4 Å². The summed E-state index contributed by atoms with van der Waals surface area (Å²) in [5, 5.41) is 3.28.